The zero-order valence-electron chi connectivity index (χ0n) is 21.1. The Balaban J connectivity index is 1.45. The summed E-state index contributed by atoms with van der Waals surface area (Å²) >= 11 is 6.22. The zero-order chi connectivity index (χ0) is 28.2. The number of aryl methyl sites for hydroxylation is 1. The van der Waals surface area contributed by atoms with Gasteiger partial charge in [0, 0.05) is 22.0 Å². The van der Waals surface area contributed by atoms with Crippen molar-refractivity contribution in [1.82, 2.24) is 0 Å². The maximum Gasteiger partial charge on any atom is 0.261 e. The van der Waals surface area contributed by atoms with E-state index in [-0.39, 0.29) is 11.4 Å². The minimum absolute atomic E-state index is 0.0397. The molecule has 0 aromatic heterocycles. The summed E-state index contributed by atoms with van der Waals surface area (Å²) in [7, 11) is -7.44. The Morgan fingerprint density at radius 2 is 1.49 bits per heavy atom. The molecule has 4 aromatic rings. The summed E-state index contributed by atoms with van der Waals surface area (Å²) in [6.45, 7) is 1.91. The molecule has 0 bridgehead atoms. The summed E-state index contributed by atoms with van der Waals surface area (Å²) in [6, 6.07) is 25.9. The van der Waals surface area contributed by atoms with Gasteiger partial charge in [-0.2, -0.15) is 0 Å². The topological polar surface area (TPSA) is 113 Å². The summed E-state index contributed by atoms with van der Waals surface area (Å²) in [5, 5.41) is 3.17. The van der Waals surface area contributed by atoms with E-state index in [0.717, 1.165) is 11.8 Å². The lowest BCUT2D eigenvalue weighted by Crippen LogP contribution is -2.29. The lowest BCUT2D eigenvalue weighted by molar-refractivity contribution is 0.102. The maximum absolute atomic E-state index is 12.8. The molecule has 2 N–H and O–H groups in total. The first-order valence-corrected chi connectivity index (χ1v) is 15.5. The molecule has 4 rings (SSSR count). The molecule has 0 aliphatic heterocycles. The second-order valence-electron chi connectivity index (χ2n) is 8.86. The number of carbonyl (C=O) groups is 1. The molecule has 4 aromatic carbocycles. The van der Waals surface area contributed by atoms with Gasteiger partial charge in [0.15, 0.2) is 0 Å². The van der Waals surface area contributed by atoms with E-state index < -0.39 is 26.0 Å². The molecule has 0 heterocycles. The number of amides is 1. The van der Waals surface area contributed by atoms with Crippen LogP contribution < -0.4 is 14.3 Å². The van der Waals surface area contributed by atoms with Crippen LogP contribution in [-0.4, -0.2) is 29.0 Å². The Labute approximate surface area is 233 Å². The molecule has 0 saturated heterocycles. The van der Waals surface area contributed by atoms with Gasteiger partial charge < -0.3 is 5.32 Å². The van der Waals surface area contributed by atoms with Gasteiger partial charge >= 0.3 is 0 Å². The highest BCUT2D eigenvalue weighted by molar-refractivity contribution is 7.92. The molecule has 11 heteroatoms. The smallest absolute Gasteiger partial charge is 0.261 e. The lowest BCUT2D eigenvalue weighted by atomic mass is 10.1. The van der Waals surface area contributed by atoms with Crippen molar-refractivity contribution < 1.29 is 21.6 Å². The number of anilines is 3. The minimum Gasteiger partial charge on any atom is -0.322 e. The van der Waals surface area contributed by atoms with Crippen LogP contribution in [0, 0.1) is 6.92 Å². The molecule has 0 saturated carbocycles. The van der Waals surface area contributed by atoms with E-state index in [2.05, 4.69) is 10.0 Å². The van der Waals surface area contributed by atoms with E-state index >= 15 is 0 Å². The number of nitrogens with zero attached hydrogens (tertiary/aromatic N) is 1. The van der Waals surface area contributed by atoms with Crippen LogP contribution >= 0.6 is 11.6 Å². The average Bonchev–Trinajstić information content (AvgIpc) is 2.88. The Hall–Kier alpha value is -3.86. The van der Waals surface area contributed by atoms with Crippen LogP contribution in [0.5, 0.6) is 0 Å². The van der Waals surface area contributed by atoms with Gasteiger partial charge in [0.1, 0.15) is 0 Å². The highest BCUT2D eigenvalue weighted by Crippen LogP contribution is 2.25. The third-order valence-electron chi connectivity index (χ3n) is 5.78. The first-order valence-electron chi connectivity index (χ1n) is 11.7. The van der Waals surface area contributed by atoms with Crippen molar-refractivity contribution in [2.45, 2.75) is 18.4 Å². The summed E-state index contributed by atoms with van der Waals surface area (Å²) < 4.78 is 54.1. The summed E-state index contributed by atoms with van der Waals surface area (Å²) in [6.07, 6.45) is 1.10. The number of sulfonamides is 2. The molecule has 202 valence electrons. The molecule has 0 spiro atoms. The molecule has 0 aliphatic rings. The van der Waals surface area contributed by atoms with Crippen LogP contribution in [0.2, 0.25) is 5.02 Å². The van der Waals surface area contributed by atoms with E-state index in [1.807, 2.05) is 13.0 Å². The maximum atomic E-state index is 12.8. The standard InChI is InChI=1S/C28H26ClN3O5S2/c1-20-6-5-8-24(18-20)31-39(36,37)26-16-12-23(13-17-26)30-28(33)21-10-14-25(15-11-21)32(38(2,34)35)19-22-7-3-4-9-27(22)29/h3-18,31H,19H2,1-2H3,(H,30,33). The van der Waals surface area contributed by atoms with Crippen molar-refractivity contribution in [3.63, 3.8) is 0 Å². The second-order valence-corrected chi connectivity index (χ2v) is 12.9. The Kier molecular flexibility index (Phi) is 8.29. The van der Waals surface area contributed by atoms with Gasteiger partial charge in [-0.1, -0.05) is 41.9 Å². The van der Waals surface area contributed by atoms with Crippen molar-refractivity contribution >= 4 is 54.6 Å². The highest BCUT2D eigenvalue weighted by Gasteiger charge is 2.20. The zero-order valence-corrected chi connectivity index (χ0v) is 23.5. The van der Waals surface area contributed by atoms with Crippen LogP contribution in [0.3, 0.4) is 0 Å². The number of benzene rings is 4. The molecule has 0 aliphatic carbocycles. The predicted molar refractivity (Wildman–Crippen MR) is 155 cm³/mol. The van der Waals surface area contributed by atoms with Crippen LogP contribution in [0.25, 0.3) is 0 Å². The first-order chi connectivity index (χ1) is 18.4. The van der Waals surface area contributed by atoms with Gasteiger partial charge in [0.2, 0.25) is 10.0 Å². The van der Waals surface area contributed by atoms with Crippen LogP contribution in [0.1, 0.15) is 21.5 Å². The Morgan fingerprint density at radius 1 is 0.821 bits per heavy atom. The van der Waals surface area contributed by atoms with Crippen molar-refractivity contribution in [2.75, 3.05) is 20.6 Å². The van der Waals surface area contributed by atoms with Crippen LogP contribution in [0.15, 0.2) is 102 Å². The summed E-state index contributed by atoms with van der Waals surface area (Å²) in [5.41, 5.74) is 3.09. The summed E-state index contributed by atoms with van der Waals surface area (Å²) in [4.78, 5) is 12.8. The van der Waals surface area contributed by atoms with E-state index in [1.165, 1.54) is 40.7 Å². The van der Waals surface area contributed by atoms with Gasteiger partial charge in [-0.15, -0.1) is 0 Å². The van der Waals surface area contributed by atoms with Gasteiger partial charge in [-0.25, -0.2) is 16.8 Å². The number of hydrogen-bond donors (Lipinski definition) is 2. The fourth-order valence-electron chi connectivity index (χ4n) is 3.80. The Bertz CT molecular complexity index is 1710. The third kappa shape index (κ3) is 7.17. The number of hydrogen-bond acceptors (Lipinski definition) is 5. The molecular formula is C28H26ClN3O5S2. The first kappa shape index (κ1) is 28.2. The largest absolute Gasteiger partial charge is 0.322 e. The van der Waals surface area contributed by atoms with Gasteiger partial charge in [0.25, 0.3) is 15.9 Å². The van der Waals surface area contributed by atoms with Crippen molar-refractivity contribution in [3.8, 4) is 0 Å². The molecule has 0 atom stereocenters. The van der Waals surface area contributed by atoms with Crippen LogP contribution in [-0.2, 0) is 26.6 Å². The van der Waals surface area contributed by atoms with E-state index in [9.17, 15) is 21.6 Å². The van der Waals surface area contributed by atoms with E-state index in [0.29, 0.717) is 33.2 Å². The average molecular weight is 584 g/mol. The van der Waals surface area contributed by atoms with Crippen LogP contribution in [0.4, 0.5) is 17.1 Å². The fourth-order valence-corrected chi connectivity index (χ4v) is 5.93. The highest BCUT2D eigenvalue weighted by atomic mass is 35.5. The number of halogens is 1. The monoisotopic (exact) mass is 583 g/mol. The fraction of sp³-hybridized carbons (Fsp3) is 0.107. The summed E-state index contributed by atoms with van der Waals surface area (Å²) in [5.74, 6) is -0.438. The lowest BCUT2D eigenvalue weighted by Gasteiger charge is -2.23. The van der Waals surface area contributed by atoms with E-state index in [1.54, 1.807) is 54.6 Å². The molecule has 39 heavy (non-hydrogen) atoms. The number of carbonyl (C=O) groups excluding carboxylic acids is 1. The molecule has 8 nitrogen and oxygen atoms in total. The minimum atomic E-state index is -3.80. The number of nitrogens with one attached hydrogen (secondary N) is 2. The third-order valence-corrected chi connectivity index (χ3v) is 8.69. The SMILES string of the molecule is Cc1cccc(NS(=O)(=O)c2ccc(NC(=O)c3ccc(N(Cc4ccccc4Cl)S(C)(=O)=O)cc3)cc2)c1. The van der Waals surface area contributed by atoms with Crippen molar-refractivity contribution in [3.05, 3.63) is 119 Å². The quantitative estimate of drug-likeness (QED) is 0.264. The van der Waals surface area contributed by atoms with Gasteiger partial charge in [-0.05, 0) is 84.8 Å². The molecular weight excluding hydrogens is 558 g/mol. The second kappa shape index (κ2) is 11.5. The number of rotatable bonds is 9. The molecule has 0 unspecified atom stereocenters. The molecule has 0 radical (unpaired) electrons. The normalized spacial score (nSPS) is 11.6. The Morgan fingerprint density at radius 3 is 2.10 bits per heavy atom. The van der Waals surface area contributed by atoms with Gasteiger partial charge in [0.05, 0.1) is 23.4 Å². The van der Waals surface area contributed by atoms with Crippen molar-refractivity contribution in [1.29, 1.82) is 0 Å². The van der Waals surface area contributed by atoms with E-state index in [4.69, 9.17) is 11.6 Å². The van der Waals surface area contributed by atoms with Crippen molar-refractivity contribution in [2.24, 2.45) is 0 Å². The molecule has 1 amide bonds. The molecule has 0 fully saturated rings. The predicted octanol–water partition coefficient (Wildman–Crippen LogP) is 5.67. The van der Waals surface area contributed by atoms with Gasteiger partial charge in [-0.3, -0.25) is 13.8 Å².